The molecule has 0 aliphatic rings. The molecule has 2 N–H and O–H groups in total. The summed E-state index contributed by atoms with van der Waals surface area (Å²) in [6, 6.07) is 13.6. The Morgan fingerprint density at radius 3 is 2.12 bits per heavy atom. The standard InChI is InChI=1S/C18H19Br3N2O/c1-11-5-8-14(9-6-11)16(24)23-17(18(19,20)21)22-15-10-12(2)4-7-13(15)3/h4-10,17,22H,1-3H3,(H,23,24). The second-order valence-corrected chi connectivity index (χ2v) is 12.7. The molecule has 2 aromatic rings. The molecule has 2 rings (SSSR count). The summed E-state index contributed by atoms with van der Waals surface area (Å²) in [6.07, 6.45) is -0.424. The molecule has 6 heteroatoms. The van der Waals surface area contributed by atoms with E-state index in [1.807, 2.05) is 45.0 Å². The number of nitrogens with one attached hydrogen (secondary N) is 2. The van der Waals surface area contributed by atoms with E-state index in [0.717, 1.165) is 22.4 Å². The predicted octanol–water partition coefficient (Wildman–Crippen LogP) is 5.62. The third-order valence-corrected chi connectivity index (χ3v) is 4.98. The maximum Gasteiger partial charge on any atom is 0.252 e. The quantitative estimate of drug-likeness (QED) is 0.407. The molecule has 0 aliphatic carbocycles. The highest BCUT2D eigenvalue weighted by atomic mass is 80.0. The molecular weight excluding hydrogens is 500 g/mol. The van der Waals surface area contributed by atoms with Crippen LogP contribution in [0.1, 0.15) is 27.0 Å². The number of carbonyl (C=O) groups excluding carboxylic acids is 1. The first-order valence-corrected chi connectivity index (χ1v) is 9.83. The molecule has 0 saturated heterocycles. The van der Waals surface area contributed by atoms with Crippen LogP contribution < -0.4 is 10.6 Å². The third kappa shape index (κ3) is 5.33. The lowest BCUT2D eigenvalue weighted by atomic mass is 10.1. The van der Waals surface area contributed by atoms with Crippen molar-refractivity contribution in [1.82, 2.24) is 5.32 Å². The normalized spacial score (nSPS) is 12.6. The van der Waals surface area contributed by atoms with E-state index in [-0.39, 0.29) is 5.91 Å². The van der Waals surface area contributed by atoms with Gasteiger partial charge in [-0.2, -0.15) is 0 Å². The fourth-order valence-corrected chi connectivity index (χ4v) is 2.85. The number of anilines is 1. The highest BCUT2D eigenvalue weighted by Crippen LogP contribution is 2.38. The van der Waals surface area contributed by atoms with Crippen LogP contribution in [0, 0.1) is 20.8 Å². The van der Waals surface area contributed by atoms with Gasteiger partial charge in [0.25, 0.3) is 5.91 Å². The molecule has 0 spiro atoms. The maximum absolute atomic E-state index is 12.5. The zero-order valence-corrected chi connectivity index (χ0v) is 18.4. The summed E-state index contributed by atoms with van der Waals surface area (Å²) in [4.78, 5) is 12.5. The van der Waals surface area contributed by atoms with E-state index in [2.05, 4.69) is 76.6 Å². The van der Waals surface area contributed by atoms with Crippen LogP contribution in [0.4, 0.5) is 5.69 Å². The van der Waals surface area contributed by atoms with Gasteiger partial charge in [0, 0.05) is 11.3 Å². The predicted molar refractivity (Wildman–Crippen MR) is 111 cm³/mol. The minimum absolute atomic E-state index is 0.152. The molecule has 24 heavy (non-hydrogen) atoms. The first-order valence-electron chi connectivity index (χ1n) is 7.45. The highest BCUT2D eigenvalue weighted by molar-refractivity contribution is 9.39. The number of hydrogen-bond acceptors (Lipinski definition) is 2. The Morgan fingerprint density at radius 2 is 1.54 bits per heavy atom. The number of halogens is 3. The van der Waals surface area contributed by atoms with E-state index >= 15 is 0 Å². The van der Waals surface area contributed by atoms with Gasteiger partial charge in [0.1, 0.15) is 6.17 Å². The minimum Gasteiger partial charge on any atom is -0.362 e. The molecule has 0 aliphatic heterocycles. The van der Waals surface area contributed by atoms with Gasteiger partial charge in [-0.05, 0) is 50.1 Å². The van der Waals surface area contributed by atoms with Crippen LogP contribution in [0.25, 0.3) is 0 Å². The fraction of sp³-hybridized carbons (Fsp3) is 0.278. The molecule has 1 unspecified atom stereocenters. The molecule has 0 saturated carbocycles. The largest absolute Gasteiger partial charge is 0.362 e. The van der Waals surface area contributed by atoms with Crippen LogP contribution in [0.15, 0.2) is 42.5 Å². The molecule has 3 nitrogen and oxygen atoms in total. The average molecular weight is 519 g/mol. The van der Waals surface area contributed by atoms with Crippen molar-refractivity contribution in [2.24, 2.45) is 0 Å². The van der Waals surface area contributed by atoms with Gasteiger partial charge in [-0.1, -0.05) is 77.6 Å². The van der Waals surface area contributed by atoms with Crippen molar-refractivity contribution >= 4 is 59.4 Å². The van der Waals surface area contributed by atoms with Gasteiger partial charge >= 0.3 is 0 Å². The van der Waals surface area contributed by atoms with E-state index in [1.165, 1.54) is 0 Å². The van der Waals surface area contributed by atoms with E-state index in [9.17, 15) is 4.79 Å². The van der Waals surface area contributed by atoms with Crippen molar-refractivity contribution in [3.8, 4) is 0 Å². The number of rotatable bonds is 4. The van der Waals surface area contributed by atoms with Gasteiger partial charge in [-0.3, -0.25) is 4.79 Å². The lowest BCUT2D eigenvalue weighted by molar-refractivity contribution is 0.0943. The van der Waals surface area contributed by atoms with Gasteiger partial charge in [0.2, 0.25) is 0 Å². The molecular formula is C18H19Br3N2O. The minimum atomic E-state index is -0.691. The maximum atomic E-state index is 12.5. The zero-order chi connectivity index (χ0) is 17.9. The van der Waals surface area contributed by atoms with Crippen molar-refractivity contribution in [2.45, 2.75) is 29.1 Å². The smallest absolute Gasteiger partial charge is 0.252 e. The highest BCUT2D eigenvalue weighted by Gasteiger charge is 2.32. The second-order valence-electron chi connectivity index (χ2n) is 5.78. The number of carbonyl (C=O) groups is 1. The van der Waals surface area contributed by atoms with Gasteiger partial charge in [0.15, 0.2) is 2.14 Å². The van der Waals surface area contributed by atoms with Crippen LogP contribution in [0.3, 0.4) is 0 Å². The summed E-state index contributed by atoms with van der Waals surface area (Å²) < 4.78 is -0.691. The lowest BCUT2D eigenvalue weighted by Crippen LogP contribution is -2.48. The third-order valence-electron chi connectivity index (χ3n) is 3.61. The molecule has 128 valence electrons. The van der Waals surface area contributed by atoms with E-state index in [1.54, 1.807) is 0 Å². The topological polar surface area (TPSA) is 41.1 Å². The molecule has 0 aromatic heterocycles. The molecule has 1 amide bonds. The van der Waals surface area contributed by atoms with Gasteiger partial charge in [-0.15, -0.1) is 0 Å². The van der Waals surface area contributed by atoms with Crippen molar-refractivity contribution in [3.05, 3.63) is 64.7 Å². The van der Waals surface area contributed by atoms with Gasteiger partial charge in [0.05, 0.1) is 0 Å². The number of hydrogen-bond donors (Lipinski definition) is 2. The molecule has 1 atom stereocenters. The zero-order valence-electron chi connectivity index (χ0n) is 13.7. The summed E-state index contributed by atoms with van der Waals surface area (Å²) in [5.41, 5.74) is 4.95. The summed E-state index contributed by atoms with van der Waals surface area (Å²) in [7, 11) is 0. The SMILES string of the molecule is Cc1ccc(C(=O)NC(Nc2cc(C)ccc2C)C(Br)(Br)Br)cc1. The van der Waals surface area contributed by atoms with Crippen molar-refractivity contribution in [1.29, 1.82) is 0 Å². The average Bonchev–Trinajstić information content (AvgIpc) is 2.49. The monoisotopic (exact) mass is 516 g/mol. The summed E-state index contributed by atoms with van der Waals surface area (Å²) in [6.45, 7) is 6.06. The van der Waals surface area contributed by atoms with Crippen LogP contribution in [0.5, 0.6) is 0 Å². The van der Waals surface area contributed by atoms with Crippen molar-refractivity contribution in [3.63, 3.8) is 0 Å². The number of amides is 1. The Bertz CT molecular complexity index is 724. The van der Waals surface area contributed by atoms with Gasteiger partial charge in [-0.25, -0.2) is 0 Å². The summed E-state index contributed by atoms with van der Waals surface area (Å²) in [5.74, 6) is -0.152. The first-order chi connectivity index (χ1) is 11.2. The fourth-order valence-electron chi connectivity index (χ4n) is 2.17. The second kappa shape index (κ2) is 8.02. The molecule has 0 heterocycles. The van der Waals surface area contributed by atoms with E-state index < -0.39 is 8.31 Å². The molecule has 0 radical (unpaired) electrons. The number of aryl methyl sites for hydroxylation is 3. The van der Waals surface area contributed by atoms with Crippen LogP contribution in [-0.4, -0.2) is 14.2 Å². The Hall–Kier alpha value is -0.850. The molecule has 2 aromatic carbocycles. The van der Waals surface area contributed by atoms with E-state index in [4.69, 9.17) is 0 Å². The molecule has 0 bridgehead atoms. The summed E-state index contributed by atoms with van der Waals surface area (Å²) in [5, 5.41) is 6.36. The van der Waals surface area contributed by atoms with E-state index in [0.29, 0.717) is 5.56 Å². The van der Waals surface area contributed by atoms with Crippen LogP contribution >= 0.6 is 47.8 Å². The lowest BCUT2D eigenvalue weighted by Gasteiger charge is -2.29. The molecule has 0 fully saturated rings. The van der Waals surface area contributed by atoms with Crippen molar-refractivity contribution in [2.75, 3.05) is 5.32 Å². The van der Waals surface area contributed by atoms with Crippen molar-refractivity contribution < 1.29 is 4.79 Å². The Balaban J connectivity index is 2.21. The first kappa shape index (κ1) is 19.5. The Labute approximate surface area is 168 Å². The van der Waals surface area contributed by atoms with Crippen LogP contribution in [-0.2, 0) is 0 Å². The number of benzene rings is 2. The number of alkyl halides is 3. The Morgan fingerprint density at radius 1 is 0.958 bits per heavy atom. The summed E-state index contributed by atoms with van der Waals surface area (Å²) >= 11 is 10.5. The van der Waals surface area contributed by atoms with Gasteiger partial charge < -0.3 is 10.6 Å². The van der Waals surface area contributed by atoms with Crippen LogP contribution in [0.2, 0.25) is 0 Å². The Kier molecular flexibility index (Phi) is 6.51.